The molecule has 4 aliphatic rings. The molecule has 1 heteroatoms. The summed E-state index contributed by atoms with van der Waals surface area (Å²) in [4.78, 5) is 0. The lowest BCUT2D eigenvalue weighted by atomic mass is 9.53. The van der Waals surface area contributed by atoms with Gasteiger partial charge in [0.1, 0.15) is 0 Å². The van der Waals surface area contributed by atoms with Gasteiger partial charge in [0.05, 0.1) is 6.10 Å². The van der Waals surface area contributed by atoms with Crippen molar-refractivity contribution in [2.75, 3.05) is 0 Å². The van der Waals surface area contributed by atoms with Gasteiger partial charge in [-0.25, -0.2) is 0 Å². The monoisotopic (exact) mass is 384 g/mol. The minimum atomic E-state index is -0.101. The molecule has 8 unspecified atom stereocenters. The summed E-state index contributed by atoms with van der Waals surface area (Å²) in [5, 5.41) is 10.2. The fraction of sp³-hybridized carbons (Fsp3) is 0.852. The summed E-state index contributed by atoms with van der Waals surface area (Å²) < 4.78 is 0. The van der Waals surface area contributed by atoms with Crippen LogP contribution in [-0.2, 0) is 0 Å². The molecule has 0 aliphatic heterocycles. The van der Waals surface area contributed by atoms with Crippen LogP contribution in [0.5, 0.6) is 0 Å². The molecule has 4 rings (SSSR count). The van der Waals surface area contributed by atoms with Gasteiger partial charge < -0.3 is 5.11 Å². The predicted molar refractivity (Wildman–Crippen MR) is 119 cm³/mol. The van der Waals surface area contributed by atoms with Crippen LogP contribution in [0.3, 0.4) is 0 Å². The van der Waals surface area contributed by atoms with Crippen LogP contribution in [0.2, 0.25) is 0 Å². The molecule has 0 saturated heterocycles. The SMILES string of the molecule is CC(C)C(C)CCC(C)C1CCC2C3=CC=C4CC(O)CCC4(C)C3CCC21. The van der Waals surface area contributed by atoms with E-state index in [1.165, 1.54) is 44.9 Å². The fourth-order valence-corrected chi connectivity index (χ4v) is 7.49. The van der Waals surface area contributed by atoms with E-state index in [0.717, 1.165) is 54.3 Å². The molecule has 0 radical (unpaired) electrons. The summed E-state index contributed by atoms with van der Waals surface area (Å²) in [7, 11) is 0. The van der Waals surface area contributed by atoms with Crippen molar-refractivity contribution in [3.05, 3.63) is 23.3 Å². The van der Waals surface area contributed by atoms with Crippen molar-refractivity contribution in [3.8, 4) is 0 Å². The lowest BCUT2D eigenvalue weighted by Crippen LogP contribution is -2.43. The number of hydrogen-bond donors (Lipinski definition) is 1. The zero-order valence-corrected chi connectivity index (χ0v) is 19.1. The molecule has 0 aromatic heterocycles. The number of aliphatic hydroxyl groups excluding tert-OH is 1. The van der Waals surface area contributed by atoms with E-state index >= 15 is 0 Å². The van der Waals surface area contributed by atoms with E-state index < -0.39 is 0 Å². The van der Waals surface area contributed by atoms with Gasteiger partial charge >= 0.3 is 0 Å². The molecule has 0 bridgehead atoms. The third-order valence-corrected chi connectivity index (χ3v) is 9.88. The zero-order valence-electron chi connectivity index (χ0n) is 19.1. The highest BCUT2D eigenvalue weighted by Crippen LogP contribution is 2.61. The van der Waals surface area contributed by atoms with E-state index in [-0.39, 0.29) is 6.10 Å². The Morgan fingerprint density at radius 2 is 1.79 bits per heavy atom. The molecule has 0 spiro atoms. The van der Waals surface area contributed by atoms with Crippen LogP contribution in [0.4, 0.5) is 0 Å². The summed E-state index contributed by atoms with van der Waals surface area (Å²) in [6.07, 6.45) is 16.5. The van der Waals surface area contributed by atoms with Crippen LogP contribution < -0.4 is 0 Å². The molecule has 0 heterocycles. The molecule has 158 valence electrons. The highest BCUT2D eigenvalue weighted by atomic mass is 16.3. The maximum atomic E-state index is 10.2. The fourth-order valence-electron chi connectivity index (χ4n) is 7.49. The summed E-state index contributed by atoms with van der Waals surface area (Å²) in [5.41, 5.74) is 3.69. The molecule has 0 aromatic carbocycles. The number of aliphatic hydroxyl groups is 1. The average molecular weight is 385 g/mol. The van der Waals surface area contributed by atoms with Gasteiger partial charge in [-0.05, 0) is 91.8 Å². The van der Waals surface area contributed by atoms with E-state index in [4.69, 9.17) is 0 Å². The first kappa shape index (κ1) is 20.7. The van der Waals surface area contributed by atoms with Gasteiger partial charge in [-0.2, -0.15) is 0 Å². The minimum Gasteiger partial charge on any atom is -0.393 e. The van der Waals surface area contributed by atoms with E-state index in [9.17, 15) is 5.11 Å². The Bertz CT molecular complexity index is 628. The predicted octanol–water partition coefficient (Wildman–Crippen LogP) is 7.16. The van der Waals surface area contributed by atoms with Gasteiger partial charge in [0, 0.05) is 0 Å². The third kappa shape index (κ3) is 3.55. The minimum absolute atomic E-state index is 0.101. The van der Waals surface area contributed by atoms with Crippen molar-refractivity contribution in [1.29, 1.82) is 0 Å². The Hall–Kier alpha value is -0.560. The Labute approximate surface area is 174 Å². The Balaban J connectivity index is 1.46. The number of rotatable bonds is 5. The van der Waals surface area contributed by atoms with Gasteiger partial charge in [0.15, 0.2) is 0 Å². The molecule has 0 aromatic rings. The first-order valence-electron chi connectivity index (χ1n) is 12.4. The van der Waals surface area contributed by atoms with Crippen LogP contribution in [0.25, 0.3) is 0 Å². The van der Waals surface area contributed by atoms with Crippen LogP contribution in [0, 0.1) is 46.8 Å². The highest BCUT2D eigenvalue weighted by molar-refractivity contribution is 5.37. The first-order valence-corrected chi connectivity index (χ1v) is 12.4. The second kappa shape index (κ2) is 7.93. The van der Waals surface area contributed by atoms with Gasteiger partial charge in [-0.15, -0.1) is 0 Å². The second-order valence-electron chi connectivity index (χ2n) is 11.6. The highest BCUT2D eigenvalue weighted by Gasteiger charge is 2.51. The summed E-state index contributed by atoms with van der Waals surface area (Å²) in [6.45, 7) is 12.3. The molecule has 0 amide bonds. The molecule has 1 nitrogen and oxygen atoms in total. The smallest absolute Gasteiger partial charge is 0.0578 e. The van der Waals surface area contributed by atoms with E-state index in [1.807, 2.05) is 5.57 Å². The van der Waals surface area contributed by atoms with Crippen molar-refractivity contribution in [2.45, 2.75) is 98.5 Å². The van der Waals surface area contributed by atoms with Gasteiger partial charge in [-0.1, -0.05) is 70.8 Å². The average Bonchev–Trinajstić information content (AvgIpc) is 3.10. The van der Waals surface area contributed by atoms with Gasteiger partial charge in [0.2, 0.25) is 0 Å². The van der Waals surface area contributed by atoms with Crippen molar-refractivity contribution in [2.24, 2.45) is 46.8 Å². The largest absolute Gasteiger partial charge is 0.393 e. The first-order chi connectivity index (χ1) is 13.3. The van der Waals surface area contributed by atoms with Gasteiger partial charge in [-0.3, -0.25) is 0 Å². The molecule has 28 heavy (non-hydrogen) atoms. The zero-order chi connectivity index (χ0) is 20.1. The van der Waals surface area contributed by atoms with Gasteiger partial charge in [0.25, 0.3) is 0 Å². The van der Waals surface area contributed by atoms with E-state index in [0.29, 0.717) is 5.41 Å². The Morgan fingerprint density at radius 1 is 1.00 bits per heavy atom. The Kier molecular flexibility index (Phi) is 5.87. The maximum absolute atomic E-state index is 10.2. The molecule has 3 fully saturated rings. The summed E-state index contributed by atoms with van der Waals surface area (Å²) in [6, 6.07) is 0. The maximum Gasteiger partial charge on any atom is 0.0578 e. The molecule has 4 aliphatic carbocycles. The van der Waals surface area contributed by atoms with Crippen LogP contribution in [-0.4, -0.2) is 11.2 Å². The molecular weight excluding hydrogens is 340 g/mol. The van der Waals surface area contributed by atoms with Crippen molar-refractivity contribution in [1.82, 2.24) is 0 Å². The number of hydrogen-bond acceptors (Lipinski definition) is 1. The number of allylic oxidation sites excluding steroid dienone is 3. The normalized spacial score (nSPS) is 42.2. The molecule has 1 N–H and O–H groups in total. The number of fused-ring (bicyclic) bond motifs is 5. The van der Waals surface area contributed by atoms with Crippen LogP contribution in [0.1, 0.15) is 92.4 Å². The van der Waals surface area contributed by atoms with Crippen molar-refractivity contribution >= 4 is 0 Å². The van der Waals surface area contributed by atoms with E-state index in [1.54, 1.807) is 5.57 Å². The standard InChI is InChI=1S/C27H44O/c1-17(2)18(3)6-7-19(4)22-10-11-24-23(22)12-13-26-25(24)9-8-20-16-21(28)14-15-27(20,26)5/h8-9,17-19,21-24,26,28H,6-7,10-16H2,1-5H3. The lowest BCUT2D eigenvalue weighted by Gasteiger charge is -2.52. The lowest BCUT2D eigenvalue weighted by molar-refractivity contribution is 0.0678. The molecule has 3 saturated carbocycles. The molecule has 8 atom stereocenters. The Morgan fingerprint density at radius 3 is 2.54 bits per heavy atom. The van der Waals surface area contributed by atoms with Crippen molar-refractivity contribution < 1.29 is 5.11 Å². The summed E-state index contributed by atoms with van der Waals surface area (Å²) >= 11 is 0. The van der Waals surface area contributed by atoms with Crippen LogP contribution >= 0.6 is 0 Å². The topological polar surface area (TPSA) is 20.2 Å². The summed E-state index contributed by atoms with van der Waals surface area (Å²) in [5.74, 6) is 6.09. The third-order valence-electron chi connectivity index (χ3n) is 9.88. The quantitative estimate of drug-likeness (QED) is 0.533. The molecular formula is C27H44O. The van der Waals surface area contributed by atoms with Crippen molar-refractivity contribution in [3.63, 3.8) is 0 Å². The van der Waals surface area contributed by atoms with Crippen LogP contribution in [0.15, 0.2) is 23.3 Å². The van der Waals surface area contributed by atoms with E-state index in [2.05, 4.69) is 46.8 Å². The second-order valence-corrected chi connectivity index (χ2v) is 11.6.